The summed E-state index contributed by atoms with van der Waals surface area (Å²) >= 11 is 0. The molecule has 0 spiro atoms. The molecule has 2 aromatic rings. The van der Waals surface area contributed by atoms with Crippen molar-refractivity contribution in [3.63, 3.8) is 0 Å². The fraction of sp³-hybridized carbons (Fsp3) is 0.188. The van der Waals surface area contributed by atoms with E-state index in [-0.39, 0.29) is 10.6 Å². The minimum atomic E-state index is -3.87. The summed E-state index contributed by atoms with van der Waals surface area (Å²) in [5.41, 5.74) is 11.5. The van der Waals surface area contributed by atoms with Gasteiger partial charge in [-0.2, -0.15) is 0 Å². The highest BCUT2D eigenvalue weighted by molar-refractivity contribution is 7.92. The van der Waals surface area contributed by atoms with E-state index < -0.39 is 21.4 Å². The largest absolute Gasteiger partial charge is 0.481 e. The van der Waals surface area contributed by atoms with Gasteiger partial charge in [-0.05, 0) is 49.7 Å². The van der Waals surface area contributed by atoms with Crippen LogP contribution in [0.15, 0.2) is 47.4 Å². The summed E-state index contributed by atoms with van der Waals surface area (Å²) in [6.07, 6.45) is 0. The fourth-order valence-corrected chi connectivity index (χ4v) is 3.27. The van der Waals surface area contributed by atoms with Crippen LogP contribution in [0.4, 0.5) is 17.1 Å². The summed E-state index contributed by atoms with van der Waals surface area (Å²) in [7, 11) is -3.87. The average molecular weight is 349 g/mol. The Morgan fingerprint density at radius 3 is 2.17 bits per heavy atom. The topological polar surface area (TPSA) is 136 Å². The van der Waals surface area contributed by atoms with Gasteiger partial charge in [0.2, 0.25) is 0 Å². The van der Waals surface area contributed by atoms with Gasteiger partial charge in [-0.3, -0.25) is 9.52 Å². The highest BCUT2D eigenvalue weighted by Gasteiger charge is 2.29. The van der Waals surface area contributed by atoms with Crippen LogP contribution in [0.1, 0.15) is 19.4 Å². The van der Waals surface area contributed by atoms with E-state index in [0.29, 0.717) is 16.9 Å². The van der Waals surface area contributed by atoms with Crippen molar-refractivity contribution in [3.05, 3.63) is 48.0 Å². The van der Waals surface area contributed by atoms with Gasteiger partial charge < -0.3 is 16.6 Å². The summed E-state index contributed by atoms with van der Waals surface area (Å²) in [5.74, 6) is -0.967. The summed E-state index contributed by atoms with van der Waals surface area (Å²) in [4.78, 5) is 11.2. The number of carboxylic acids is 1. The number of carbonyl (C=O) groups is 1. The standard InChI is InChI=1S/C16H19N3O4S/c1-16(2,15(20)21)10-3-6-12(7-4-10)19-24(22,23)14-8-5-11(17)9-13(14)18/h3-9,19H,17-18H2,1-2H3,(H,20,21). The molecule has 0 bridgehead atoms. The van der Waals surface area contributed by atoms with E-state index in [4.69, 9.17) is 11.5 Å². The lowest BCUT2D eigenvalue weighted by atomic mass is 9.85. The van der Waals surface area contributed by atoms with Crippen LogP contribution in [0.5, 0.6) is 0 Å². The number of hydrogen-bond acceptors (Lipinski definition) is 5. The van der Waals surface area contributed by atoms with Crippen LogP contribution in [-0.2, 0) is 20.2 Å². The van der Waals surface area contributed by atoms with E-state index in [2.05, 4.69) is 4.72 Å². The molecule has 0 radical (unpaired) electrons. The average Bonchev–Trinajstić information content (AvgIpc) is 2.46. The van der Waals surface area contributed by atoms with E-state index >= 15 is 0 Å². The molecule has 0 heterocycles. The molecule has 0 aromatic heterocycles. The lowest BCUT2D eigenvalue weighted by Crippen LogP contribution is -2.28. The van der Waals surface area contributed by atoms with E-state index in [9.17, 15) is 18.3 Å². The molecule has 24 heavy (non-hydrogen) atoms. The summed E-state index contributed by atoms with van der Waals surface area (Å²) < 4.78 is 27.2. The summed E-state index contributed by atoms with van der Waals surface area (Å²) in [6.45, 7) is 3.15. The Hall–Kier alpha value is -2.74. The number of benzene rings is 2. The first-order valence-corrected chi connectivity index (χ1v) is 8.54. The second kappa shape index (κ2) is 6.04. The number of aliphatic carboxylic acids is 1. The first-order valence-electron chi connectivity index (χ1n) is 7.06. The first-order chi connectivity index (χ1) is 11.0. The van der Waals surface area contributed by atoms with Crippen molar-refractivity contribution in [2.45, 2.75) is 24.2 Å². The van der Waals surface area contributed by atoms with E-state index in [1.807, 2.05) is 0 Å². The summed E-state index contributed by atoms with van der Waals surface area (Å²) in [6, 6.07) is 10.3. The zero-order valence-electron chi connectivity index (χ0n) is 13.3. The van der Waals surface area contributed by atoms with Crippen molar-refractivity contribution in [1.29, 1.82) is 0 Å². The number of rotatable bonds is 5. The van der Waals surface area contributed by atoms with Crippen molar-refractivity contribution in [2.24, 2.45) is 0 Å². The van der Waals surface area contributed by atoms with Crippen LogP contribution in [0.3, 0.4) is 0 Å². The number of nitrogen functional groups attached to an aromatic ring is 2. The van der Waals surface area contributed by atoms with E-state index in [1.165, 1.54) is 30.3 Å². The number of anilines is 3. The number of hydrogen-bond donors (Lipinski definition) is 4. The van der Waals surface area contributed by atoms with Crippen LogP contribution < -0.4 is 16.2 Å². The van der Waals surface area contributed by atoms with Crippen molar-refractivity contribution < 1.29 is 18.3 Å². The Bertz CT molecular complexity index is 875. The molecule has 2 aromatic carbocycles. The summed E-state index contributed by atoms with van der Waals surface area (Å²) in [5, 5.41) is 9.22. The second-order valence-electron chi connectivity index (χ2n) is 5.91. The monoisotopic (exact) mass is 349 g/mol. The van der Waals surface area contributed by atoms with Crippen LogP contribution in [-0.4, -0.2) is 19.5 Å². The third kappa shape index (κ3) is 3.43. The van der Waals surface area contributed by atoms with Crippen LogP contribution in [0, 0.1) is 0 Å². The third-order valence-electron chi connectivity index (χ3n) is 3.72. The molecule has 0 aliphatic carbocycles. The Labute approximate surface area is 140 Å². The van der Waals surface area contributed by atoms with Gasteiger partial charge in [0.1, 0.15) is 4.90 Å². The molecular weight excluding hydrogens is 330 g/mol. The van der Waals surface area contributed by atoms with Crippen molar-refractivity contribution in [2.75, 3.05) is 16.2 Å². The van der Waals surface area contributed by atoms with E-state index in [1.54, 1.807) is 26.0 Å². The Morgan fingerprint density at radius 1 is 1.08 bits per heavy atom. The molecule has 2 rings (SSSR count). The molecule has 128 valence electrons. The highest BCUT2D eigenvalue weighted by atomic mass is 32.2. The normalized spacial score (nSPS) is 11.9. The lowest BCUT2D eigenvalue weighted by Gasteiger charge is -2.20. The van der Waals surface area contributed by atoms with Gasteiger partial charge in [0, 0.05) is 11.4 Å². The zero-order valence-corrected chi connectivity index (χ0v) is 14.1. The molecule has 0 amide bonds. The van der Waals surface area contributed by atoms with Crippen molar-refractivity contribution >= 4 is 33.1 Å². The Balaban J connectivity index is 2.29. The molecule has 0 saturated carbocycles. The smallest absolute Gasteiger partial charge is 0.313 e. The maximum atomic E-state index is 12.4. The molecule has 0 aliphatic rings. The van der Waals surface area contributed by atoms with Gasteiger partial charge in [-0.15, -0.1) is 0 Å². The molecule has 7 nitrogen and oxygen atoms in total. The Kier molecular flexibility index (Phi) is 4.44. The minimum absolute atomic E-state index is 0.0473. The molecule has 8 heteroatoms. The SMILES string of the molecule is CC(C)(C(=O)O)c1ccc(NS(=O)(=O)c2ccc(N)cc2N)cc1. The Morgan fingerprint density at radius 2 is 1.67 bits per heavy atom. The molecule has 0 aliphatic heterocycles. The van der Waals surface area contributed by atoms with Gasteiger partial charge in [0.15, 0.2) is 0 Å². The molecule has 0 saturated heterocycles. The first kappa shape index (κ1) is 17.6. The molecular formula is C16H19N3O4S. The molecule has 6 N–H and O–H groups in total. The van der Waals surface area contributed by atoms with E-state index in [0.717, 1.165) is 0 Å². The van der Waals surface area contributed by atoms with Gasteiger partial charge in [0.05, 0.1) is 11.1 Å². The predicted octanol–water partition coefficient (Wildman–Crippen LogP) is 2.01. The molecule has 0 atom stereocenters. The zero-order chi connectivity index (χ0) is 18.1. The second-order valence-corrected chi connectivity index (χ2v) is 7.56. The predicted molar refractivity (Wildman–Crippen MR) is 93.2 cm³/mol. The van der Waals surface area contributed by atoms with Gasteiger partial charge in [-0.25, -0.2) is 8.42 Å². The van der Waals surface area contributed by atoms with Gasteiger partial charge in [-0.1, -0.05) is 12.1 Å². The fourth-order valence-electron chi connectivity index (χ4n) is 2.10. The van der Waals surface area contributed by atoms with Crippen molar-refractivity contribution in [3.8, 4) is 0 Å². The maximum Gasteiger partial charge on any atom is 0.313 e. The van der Waals surface area contributed by atoms with Crippen molar-refractivity contribution in [1.82, 2.24) is 0 Å². The molecule has 0 fully saturated rings. The number of nitrogens with one attached hydrogen (secondary N) is 1. The third-order valence-corrected chi connectivity index (χ3v) is 5.17. The number of carboxylic acid groups (broad SMARTS) is 1. The quantitative estimate of drug-likeness (QED) is 0.610. The number of sulfonamides is 1. The molecule has 0 unspecified atom stereocenters. The van der Waals surface area contributed by atoms with Crippen LogP contribution in [0.2, 0.25) is 0 Å². The van der Waals surface area contributed by atoms with Gasteiger partial charge >= 0.3 is 5.97 Å². The maximum absolute atomic E-state index is 12.4. The van der Waals surface area contributed by atoms with Crippen LogP contribution >= 0.6 is 0 Å². The number of nitrogens with two attached hydrogens (primary N) is 2. The lowest BCUT2D eigenvalue weighted by molar-refractivity contribution is -0.142. The highest BCUT2D eigenvalue weighted by Crippen LogP contribution is 2.27. The van der Waals surface area contributed by atoms with Crippen LogP contribution in [0.25, 0.3) is 0 Å². The van der Waals surface area contributed by atoms with Gasteiger partial charge in [0.25, 0.3) is 10.0 Å². The minimum Gasteiger partial charge on any atom is -0.481 e.